The molecule has 0 saturated heterocycles. The number of aromatic hydroxyl groups is 1. The number of nitrogens with one attached hydrogen (secondary N) is 1. The highest BCUT2D eigenvalue weighted by Crippen LogP contribution is 2.16. The van der Waals surface area contributed by atoms with Crippen LogP contribution in [0.15, 0.2) is 48.8 Å². The van der Waals surface area contributed by atoms with Crippen molar-refractivity contribution in [3.63, 3.8) is 0 Å². The highest BCUT2D eigenvalue weighted by atomic mass is 16.5. The summed E-state index contributed by atoms with van der Waals surface area (Å²) in [5.41, 5.74) is 0.671. The van der Waals surface area contributed by atoms with Crippen molar-refractivity contribution in [1.29, 1.82) is 0 Å². The molecule has 0 aliphatic heterocycles. The van der Waals surface area contributed by atoms with Crippen LogP contribution in [0.25, 0.3) is 0 Å². The van der Waals surface area contributed by atoms with Gasteiger partial charge in [0.25, 0.3) is 5.91 Å². The Morgan fingerprint density at radius 1 is 1.37 bits per heavy atom. The molecule has 0 spiro atoms. The summed E-state index contributed by atoms with van der Waals surface area (Å²) in [4.78, 5) is 11.8. The van der Waals surface area contributed by atoms with Gasteiger partial charge in [0.15, 0.2) is 11.9 Å². The minimum atomic E-state index is -0.177. The van der Waals surface area contributed by atoms with Gasteiger partial charge in [-0.3, -0.25) is 4.79 Å². The third kappa shape index (κ3) is 3.70. The molecule has 0 bridgehead atoms. The molecule has 2 rings (SSSR count). The summed E-state index contributed by atoms with van der Waals surface area (Å²) < 4.78 is 6.68. The van der Waals surface area contributed by atoms with Crippen LogP contribution in [0.1, 0.15) is 0 Å². The zero-order valence-electron chi connectivity index (χ0n) is 10.5. The number of ether oxygens (including phenoxy) is 1. The Hall–Kier alpha value is -2.56. The third-order valence-electron chi connectivity index (χ3n) is 2.52. The van der Waals surface area contributed by atoms with Crippen LogP contribution in [0.2, 0.25) is 0 Å². The van der Waals surface area contributed by atoms with Crippen molar-refractivity contribution in [2.45, 2.75) is 6.54 Å². The molecular formula is C14H15N2O3+. The summed E-state index contributed by atoms with van der Waals surface area (Å²) in [6, 6.07) is 10.4. The number of aromatic nitrogens is 1. The second-order valence-electron chi connectivity index (χ2n) is 4.01. The molecule has 0 fully saturated rings. The zero-order valence-corrected chi connectivity index (χ0v) is 10.5. The molecule has 0 saturated carbocycles. The summed E-state index contributed by atoms with van der Waals surface area (Å²) in [6.07, 6.45) is 3.20. The van der Waals surface area contributed by atoms with Crippen LogP contribution in [0.4, 0.5) is 5.69 Å². The lowest BCUT2D eigenvalue weighted by molar-refractivity contribution is -0.684. The fourth-order valence-electron chi connectivity index (χ4n) is 1.67. The topological polar surface area (TPSA) is 62.4 Å². The molecule has 19 heavy (non-hydrogen) atoms. The minimum absolute atomic E-state index is 0.122. The van der Waals surface area contributed by atoms with Crippen LogP contribution in [0, 0.1) is 0 Å². The molecule has 0 unspecified atom stereocenters. The van der Waals surface area contributed by atoms with E-state index in [1.807, 2.05) is 0 Å². The predicted octanol–water partition coefficient (Wildman–Crippen LogP) is 1.33. The number of carbonyl (C=O) groups excluding carboxylic acids is 1. The Morgan fingerprint density at radius 3 is 2.95 bits per heavy atom. The van der Waals surface area contributed by atoms with E-state index in [0.29, 0.717) is 11.4 Å². The fourth-order valence-corrected chi connectivity index (χ4v) is 1.67. The van der Waals surface area contributed by atoms with Crippen LogP contribution < -0.4 is 14.6 Å². The van der Waals surface area contributed by atoms with Gasteiger partial charge in [0.1, 0.15) is 5.75 Å². The number of carbonyl (C=O) groups is 1. The summed E-state index contributed by atoms with van der Waals surface area (Å²) in [6.45, 7) is 0.131. The molecule has 5 nitrogen and oxygen atoms in total. The highest BCUT2D eigenvalue weighted by Gasteiger charge is 2.10. The molecule has 2 N–H and O–H groups in total. The van der Waals surface area contributed by atoms with Gasteiger partial charge in [-0.2, -0.15) is 4.57 Å². The van der Waals surface area contributed by atoms with Gasteiger partial charge in [-0.05, 0) is 18.2 Å². The molecule has 0 atom stereocenters. The number of amides is 1. The fraction of sp³-hybridized carbons (Fsp3) is 0.143. The van der Waals surface area contributed by atoms with Crippen molar-refractivity contribution in [3.05, 3.63) is 48.8 Å². The van der Waals surface area contributed by atoms with Crippen molar-refractivity contribution in [2.75, 3.05) is 12.4 Å². The molecule has 1 amide bonds. The van der Waals surface area contributed by atoms with Crippen LogP contribution in [0.3, 0.4) is 0 Å². The van der Waals surface area contributed by atoms with Gasteiger partial charge in [-0.15, -0.1) is 0 Å². The monoisotopic (exact) mass is 259 g/mol. The Kier molecular flexibility index (Phi) is 3.97. The van der Waals surface area contributed by atoms with Crippen molar-refractivity contribution in [1.82, 2.24) is 0 Å². The molecule has 1 aromatic carbocycles. The molecule has 0 radical (unpaired) electrons. The van der Waals surface area contributed by atoms with E-state index >= 15 is 0 Å². The van der Waals surface area contributed by atoms with Crippen molar-refractivity contribution in [2.24, 2.45) is 0 Å². The maximum Gasteiger partial charge on any atom is 0.290 e. The predicted molar refractivity (Wildman–Crippen MR) is 69.9 cm³/mol. The highest BCUT2D eigenvalue weighted by molar-refractivity contribution is 5.89. The van der Waals surface area contributed by atoms with E-state index in [1.165, 1.54) is 6.20 Å². The number of anilines is 1. The Bertz CT molecular complexity index is 584. The van der Waals surface area contributed by atoms with Gasteiger partial charge in [0, 0.05) is 17.8 Å². The first kappa shape index (κ1) is 12.9. The Balaban J connectivity index is 2.01. The van der Waals surface area contributed by atoms with E-state index in [1.54, 1.807) is 54.3 Å². The number of rotatable bonds is 4. The van der Waals surface area contributed by atoms with Crippen molar-refractivity contribution < 1.29 is 19.2 Å². The molecular weight excluding hydrogens is 244 g/mol. The Morgan fingerprint density at radius 2 is 2.21 bits per heavy atom. The van der Waals surface area contributed by atoms with Crippen molar-refractivity contribution in [3.8, 4) is 11.5 Å². The largest absolute Gasteiger partial charge is 0.503 e. The van der Waals surface area contributed by atoms with E-state index in [0.717, 1.165) is 0 Å². The number of benzene rings is 1. The molecule has 0 aliphatic carbocycles. The summed E-state index contributed by atoms with van der Waals surface area (Å²) >= 11 is 0. The first-order valence-corrected chi connectivity index (χ1v) is 5.79. The normalized spacial score (nSPS) is 9.95. The van der Waals surface area contributed by atoms with Crippen LogP contribution in [-0.2, 0) is 11.3 Å². The maximum atomic E-state index is 11.8. The lowest BCUT2D eigenvalue weighted by atomic mass is 10.3. The molecule has 1 aromatic heterocycles. The summed E-state index contributed by atoms with van der Waals surface area (Å²) in [7, 11) is 1.57. The molecule has 98 valence electrons. The van der Waals surface area contributed by atoms with Gasteiger partial charge in [0.2, 0.25) is 12.7 Å². The lowest BCUT2D eigenvalue weighted by Crippen LogP contribution is -2.39. The third-order valence-corrected chi connectivity index (χ3v) is 2.52. The maximum absolute atomic E-state index is 11.8. The lowest BCUT2D eigenvalue weighted by Gasteiger charge is -2.05. The zero-order chi connectivity index (χ0) is 13.7. The number of hydrogen-bond donors (Lipinski definition) is 2. The van der Waals surface area contributed by atoms with Gasteiger partial charge in [-0.1, -0.05) is 6.07 Å². The van der Waals surface area contributed by atoms with Crippen LogP contribution >= 0.6 is 0 Å². The van der Waals surface area contributed by atoms with Gasteiger partial charge in [-0.25, -0.2) is 0 Å². The first-order valence-electron chi connectivity index (χ1n) is 5.79. The van der Waals surface area contributed by atoms with Gasteiger partial charge < -0.3 is 15.2 Å². The van der Waals surface area contributed by atoms with E-state index in [2.05, 4.69) is 5.32 Å². The second-order valence-corrected chi connectivity index (χ2v) is 4.01. The summed E-state index contributed by atoms with van der Waals surface area (Å²) in [5, 5.41) is 12.1. The molecule has 1 heterocycles. The standard InChI is InChI=1S/C14H14N2O3/c1-19-13-6-2-4-11(8-13)15-14(18)10-16-7-3-5-12(17)9-16/h2-9H,10H2,1H3,(H-,15,17,18)/p+1. The quantitative estimate of drug-likeness (QED) is 0.814. The summed E-state index contributed by atoms with van der Waals surface area (Å²) in [5.74, 6) is 0.628. The van der Waals surface area contributed by atoms with Crippen LogP contribution in [-0.4, -0.2) is 18.1 Å². The van der Waals surface area contributed by atoms with Gasteiger partial charge >= 0.3 is 0 Å². The minimum Gasteiger partial charge on any atom is -0.503 e. The van der Waals surface area contributed by atoms with E-state index in [4.69, 9.17) is 4.74 Å². The number of hydrogen-bond acceptors (Lipinski definition) is 3. The van der Waals surface area contributed by atoms with E-state index in [9.17, 15) is 9.90 Å². The SMILES string of the molecule is COc1cccc(NC(=O)C[n+]2cccc(O)c2)c1. The van der Waals surface area contributed by atoms with E-state index < -0.39 is 0 Å². The average Bonchev–Trinajstić information content (AvgIpc) is 2.38. The van der Waals surface area contributed by atoms with Gasteiger partial charge in [0.05, 0.1) is 7.11 Å². The van der Waals surface area contributed by atoms with Crippen LogP contribution in [0.5, 0.6) is 11.5 Å². The Labute approximate surface area is 111 Å². The molecule has 0 aliphatic rings. The average molecular weight is 259 g/mol. The number of pyridine rings is 1. The smallest absolute Gasteiger partial charge is 0.290 e. The molecule has 2 aromatic rings. The first-order chi connectivity index (χ1) is 9.17. The number of methoxy groups -OCH3 is 1. The number of nitrogens with zero attached hydrogens (tertiary/aromatic N) is 1. The van der Waals surface area contributed by atoms with E-state index in [-0.39, 0.29) is 18.2 Å². The van der Waals surface area contributed by atoms with Crippen molar-refractivity contribution >= 4 is 11.6 Å². The molecule has 5 heteroatoms. The second kappa shape index (κ2) is 5.86.